The van der Waals surface area contributed by atoms with Crippen molar-refractivity contribution >= 4 is 17.9 Å². The molecule has 3 aromatic carbocycles. The highest BCUT2D eigenvalue weighted by molar-refractivity contribution is 7.97. The van der Waals surface area contributed by atoms with Crippen LogP contribution in [-0.4, -0.2) is 15.4 Å². The minimum absolute atomic E-state index is 0.185. The van der Waals surface area contributed by atoms with Crippen LogP contribution in [0, 0.1) is 20.8 Å². The van der Waals surface area contributed by atoms with Crippen LogP contribution in [0.2, 0.25) is 0 Å². The Morgan fingerprint density at radius 2 is 1.59 bits per heavy atom. The molecule has 0 radical (unpaired) electrons. The molecule has 1 heterocycles. The number of halogens is 3. The van der Waals surface area contributed by atoms with Gasteiger partial charge < -0.3 is 9.52 Å². The third-order valence-electron chi connectivity index (χ3n) is 6.50. The fourth-order valence-corrected chi connectivity index (χ4v) is 5.56. The molecule has 4 rings (SSSR count). The molecule has 204 valence electrons. The molecule has 0 saturated heterocycles. The van der Waals surface area contributed by atoms with Gasteiger partial charge >= 0.3 is 12.1 Å². The molecule has 1 N–H and O–H groups in total. The Morgan fingerprint density at radius 1 is 0.923 bits per heavy atom. The topological polar surface area (TPSA) is 53.7 Å². The predicted octanol–water partition coefficient (Wildman–Crippen LogP) is 8.79. The lowest BCUT2D eigenvalue weighted by Gasteiger charge is -2.23. The van der Waals surface area contributed by atoms with E-state index in [1.54, 1.807) is 13.0 Å². The van der Waals surface area contributed by atoms with Crippen molar-refractivity contribution in [2.24, 2.45) is 0 Å². The molecule has 39 heavy (non-hydrogen) atoms. The minimum atomic E-state index is -4.53. The van der Waals surface area contributed by atoms with Crippen LogP contribution in [0.3, 0.4) is 0 Å². The van der Waals surface area contributed by atoms with Crippen LogP contribution in [0.1, 0.15) is 52.2 Å². The number of nitrogens with zero attached hydrogens (tertiary/aromatic N) is 1. The fraction of sp³-hybridized carbons (Fsp3) is 0.258. The second-order valence-electron chi connectivity index (χ2n) is 9.76. The lowest BCUT2D eigenvalue weighted by Crippen LogP contribution is -2.15. The van der Waals surface area contributed by atoms with Crippen molar-refractivity contribution < 1.29 is 27.5 Å². The van der Waals surface area contributed by atoms with Gasteiger partial charge in [0, 0.05) is 11.4 Å². The molecular weight excluding hydrogens is 523 g/mol. The number of aryl methyl sites for hydroxylation is 3. The van der Waals surface area contributed by atoms with E-state index < -0.39 is 23.8 Å². The van der Waals surface area contributed by atoms with E-state index in [1.807, 2.05) is 67.5 Å². The van der Waals surface area contributed by atoms with E-state index in [4.69, 9.17) is 4.42 Å². The van der Waals surface area contributed by atoms with Crippen LogP contribution in [0.25, 0.3) is 11.1 Å². The van der Waals surface area contributed by atoms with E-state index in [2.05, 4.69) is 12.1 Å². The normalized spacial score (nSPS) is 12.6. The van der Waals surface area contributed by atoms with E-state index in [1.165, 1.54) is 18.0 Å². The van der Waals surface area contributed by atoms with Gasteiger partial charge in [-0.3, -0.25) is 4.79 Å². The lowest BCUT2D eigenvalue weighted by molar-refractivity contribution is -0.153. The summed E-state index contributed by atoms with van der Waals surface area (Å²) in [5, 5.41) is 9.35. The van der Waals surface area contributed by atoms with Gasteiger partial charge in [0.25, 0.3) is 0 Å². The molecule has 1 atom stereocenters. The fourth-order valence-electron chi connectivity index (χ4n) is 4.49. The number of carboxylic acids is 1. The smallest absolute Gasteiger partial charge is 0.449 e. The molecule has 0 bridgehead atoms. The number of furan rings is 1. The molecule has 1 aromatic heterocycles. The third kappa shape index (κ3) is 7.13. The maximum atomic E-state index is 13.1. The number of carboxylic acid groups (broad SMARTS) is 1. The maximum Gasteiger partial charge on any atom is 0.449 e. The van der Waals surface area contributed by atoms with Crippen molar-refractivity contribution in [1.82, 2.24) is 4.31 Å². The summed E-state index contributed by atoms with van der Waals surface area (Å²) < 4.78 is 46.5. The molecule has 4 nitrogen and oxygen atoms in total. The van der Waals surface area contributed by atoms with Crippen molar-refractivity contribution in [3.05, 3.63) is 112 Å². The first kappa shape index (κ1) is 28.5. The quantitative estimate of drug-likeness (QED) is 0.210. The van der Waals surface area contributed by atoms with Crippen molar-refractivity contribution in [2.75, 3.05) is 0 Å². The van der Waals surface area contributed by atoms with E-state index in [0.717, 1.165) is 49.9 Å². The molecule has 0 aliphatic heterocycles. The van der Waals surface area contributed by atoms with Crippen molar-refractivity contribution in [2.45, 2.75) is 57.8 Å². The van der Waals surface area contributed by atoms with Crippen molar-refractivity contribution in [1.29, 1.82) is 0 Å². The summed E-state index contributed by atoms with van der Waals surface area (Å²) in [6.45, 7) is 8.41. The summed E-state index contributed by atoms with van der Waals surface area (Å²) in [5.41, 5.74) is 6.92. The number of carbonyl (C=O) groups is 1. The number of aliphatic carboxylic acids is 1. The molecular formula is C31H30F3NO3S. The highest BCUT2D eigenvalue weighted by Crippen LogP contribution is 2.35. The first-order chi connectivity index (χ1) is 18.4. The van der Waals surface area contributed by atoms with Gasteiger partial charge in [0.1, 0.15) is 5.76 Å². The zero-order valence-electron chi connectivity index (χ0n) is 22.2. The van der Waals surface area contributed by atoms with E-state index >= 15 is 0 Å². The maximum absolute atomic E-state index is 13.1. The molecule has 1 unspecified atom stereocenters. The van der Waals surface area contributed by atoms with Crippen LogP contribution in [0.4, 0.5) is 13.2 Å². The summed E-state index contributed by atoms with van der Waals surface area (Å²) >= 11 is 1.50. The Balaban J connectivity index is 1.58. The van der Waals surface area contributed by atoms with Crippen LogP contribution in [0.5, 0.6) is 0 Å². The van der Waals surface area contributed by atoms with Gasteiger partial charge in [-0.25, -0.2) is 4.31 Å². The van der Waals surface area contributed by atoms with Crippen LogP contribution in [0.15, 0.2) is 82.1 Å². The van der Waals surface area contributed by atoms with Crippen LogP contribution >= 0.6 is 11.9 Å². The largest absolute Gasteiger partial charge is 0.481 e. The molecule has 0 amide bonds. The van der Waals surface area contributed by atoms with Crippen molar-refractivity contribution in [3.63, 3.8) is 0 Å². The Labute approximate surface area is 230 Å². The number of rotatable bonds is 9. The lowest BCUT2D eigenvalue weighted by atomic mass is 9.96. The van der Waals surface area contributed by atoms with Crippen LogP contribution < -0.4 is 0 Å². The van der Waals surface area contributed by atoms with Gasteiger partial charge in [-0.05, 0) is 85.2 Å². The van der Waals surface area contributed by atoms with Gasteiger partial charge in [-0.2, -0.15) is 13.2 Å². The highest BCUT2D eigenvalue weighted by atomic mass is 32.2. The Morgan fingerprint density at radius 3 is 2.18 bits per heavy atom. The average molecular weight is 554 g/mol. The number of hydrogen-bond acceptors (Lipinski definition) is 4. The number of benzene rings is 3. The standard InChI is InChI=1S/C31H30F3NO3S/c1-19-14-20(2)29(21(3)15-19)39-35(18-27-12-13-28(38-27)31(32,33)34)17-23-8-10-24(11-9-23)26-7-5-6-25(16-26)22(4)30(36)37/h5-16,22H,17-18H2,1-4H3,(H,36,37). The number of hydrogen-bond donors (Lipinski definition) is 1. The summed E-state index contributed by atoms with van der Waals surface area (Å²) in [5.74, 6) is -2.26. The van der Waals surface area contributed by atoms with Gasteiger partial charge in [-0.1, -0.05) is 66.2 Å². The second-order valence-corrected chi connectivity index (χ2v) is 10.9. The Hall–Kier alpha value is -3.49. The summed E-state index contributed by atoms with van der Waals surface area (Å²) in [4.78, 5) is 12.5. The molecule has 0 fully saturated rings. The predicted molar refractivity (Wildman–Crippen MR) is 147 cm³/mol. The first-order valence-corrected chi connectivity index (χ1v) is 13.3. The monoisotopic (exact) mass is 553 g/mol. The van der Waals surface area contributed by atoms with Crippen LogP contribution in [-0.2, 0) is 24.1 Å². The van der Waals surface area contributed by atoms with Gasteiger partial charge in [0.2, 0.25) is 5.76 Å². The molecule has 0 aliphatic rings. The molecule has 0 spiro atoms. The molecule has 0 aliphatic carbocycles. The first-order valence-electron chi connectivity index (χ1n) is 12.5. The third-order valence-corrected chi connectivity index (χ3v) is 7.84. The molecule has 8 heteroatoms. The SMILES string of the molecule is Cc1cc(C)c(SN(Cc2ccc(-c3cccc(C(C)C(=O)O)c3)cc2)Cc2ccc(C(F)(F)F)o2)c(C)c1. The summed E-state index contributed by atoms with van der Waals surface area (Å²) in [7, 11) is 0. The minimum Gasteiger partial charge on any atom is -0.481 e. The van der Waals surface area contributed by atoms with E-state index in [-0.39, 0.29) is 12.3 Å². The molecule has 0 saturated carbocycles. The Kier molecular flexibility index (Phi) is 8.57. The summed E-state index contributed by atoms with van der Waals surface area (Å²) in [6.07, 6.45) is -4.53. The van der Waals surface area contributed by atoms with Crippen molar-refractivity contribution in [3.8, 4) is 11.1 Å². The highest BCUT2D eigenvalue weighted by Gasteiger charge is 2.35. The average Bonchev–Trinajstić information content (AvgIpc) is 3.35. The van der Waals surface area contributed by atoms with Gasteiger partial charge in [0.05, 0.1) is 12.5 Å². The summed E-state index contributed by atoms with van der Waals surface area (Å²) in [6, 6.07) is 21.9. The second kappa shape index (κ2) is 11.7. The Bertz CT molecular complexity index is 1440. The zero-order valence-corrected chi connectivity index (χ0v) is 23.0. The van der Waals surface area contributed by atoms with E-state index in [9.17, 15) is 23.1 Å². The molecule has 4 aromatic rings. The van der Waals surface area contributed by atoms with Gasteiger partial charge in [0.15, 0.2) is 0 Å². The van der Waals surface area contributed by atoms with E-state index in [0.29, 0.717) is 6.54 Å². The van der Waals surface area contributed by atoms with Gasteiger partial charge in [-0.15, -0.1) is 0 Å². The number of alkyl halides is 3. The zero-order chi connectivity index (χ0) is 28.3.